The lowest BCUT2D eigenvalue weighted by Crippen LogP contribution is -1.98. The SMILES string of the molecule is Brc1ccc(CNc2ccc3c(c2)OCCCO3)s1. The Labute approximate surface area is 124 Å². The number of ether oxygens (including phenoxy) is 2. The minimum absolute atomic E-state index is 0.717. The first-order valence-electron chi connectivity index (χ1n) is 6.19. The highest BCUT2D eigenvalue weighted by atomic mass is 79.9. The number of halogens is 1. The summed E-state index contributed by atoms with van der Waals surface area (Å²) >= 11 is 5.21. The average molecular weight is 340 g/mol. The fourth-order valence-corrected chi connectivity index (χ4v) is 3.33. The standard InChI is InChI=1S/C14H14BrNO2S/c15-14-5-3-11(19-14)9-16-10-2-4-12-13(8-10)18-7-1-6-17-12/h2-5,8,16H,1,6-7,9H2. The van der Waals surface area contributed by atoms with Gasteiger partial charge in [-0.25, -0.2) is 0 Å². The number of hydrogen-bond donors (Lipinski definition) is 1. The molecule has 0 atom stereocenters. The van der Waals surface area contributed by atoms with Crippen molar-refractivity contribution < 1.29 is 9.47 Å². The van der Waals surface area contributed by atoms with Gasteiger partial charge in [0.15, 0.2) is 11.5 Å². The third-order valence-electron chi connectivity index (χ3n) is 2.84. The zero-order valence-corrected chi connectivity index (χ0v) is 12.7. The molecular weight excluding hydrogens is 326 g/mol. The van der Waals surface area contributed by atoms with Gasteiger partial charge in [-0.1, -0.05) is 0 Å². The highest BCUT2D eigenvalue weighted by Crippen LogP contribution is 2.32. The van der Waals surface area contributed by atoms with E-state index in [2.05, 4.69) is 33.4 Å². The van der Waals surface area contributed by atoms with Gasteiger partial charge in [0.25, 0.3) is 0 Å². The quantitative estimate of drug-likeness (QED) is 0.904. The molecule has 19 heavy (non-hydrogen) atoms. The van der Waals surface area contributed by atoms with Crippen LogP contribution in [0.25, 0.3) is 0 Å². The Bertz CT molecular complexity index is 570. The van der Waals surface area contributed by atoms with Gasteiger partial charge in [0.05, 0.1) is 17.0 Å². The minimum atomic E-state index is 0.717. The Morgan fingerprint density at radius 3 is 2.74 bits per heavy atom. The lowest BCUT2D eigenvalue weighted by molar-refractivity contribution is 0.297. The van der Waals surface area contributed by atoms with Gasteiger partial charge in [0.2, 0.25) is 0 Å². The van der Waals surface area contributed by atoms with Gasteiger partial charge in [-0.15, -0.1) is 11.3 Å². The maximum atomic E-state index is 5.68. The lowest BCUT2D eigenvalue weighted by atomic mass is 10.2. The largest absolute Gasteiger partial charge is 0.490 e. The predicted octanol–water partition coefficient (Wildman–Crippen LogP) is 4.28. The lowest BCUT2D eigenvalue weighted by Gasteiger charge is -2.10. The maximum Gasteiger partial charge on any atom is 0.163 e. The van der Waals surface area contributed by atoms with Crippen LogP contribution < -0.4 is 14.8 Å². The third kappa shape index (κ3) is 3.22. The molecule has 0 spiro atoms. The Morgan fingerprint density at radius 1 is 1.11 bits per heavy atom. The van der Waals surface area contributed by atoms with Crippen molar-refractivity contribution in [3.8, 4) is 11.5 Å². The maximum absolute atomic E-state index is 5.68. The van der Waals surface area contributed by atoms with Crippen LogP contribution in [0.1, 0.15) is 11.3 Å². The highest BCUT2D eigenvalue weighted by molar-refractivity contribution is 9.11. The normalized spacial score (nSPS) is 13.9. The van der Waals surface area contributed by atoms with Crippen LogP contribution in [0.2, 0.25) is 0 Å². The van der Waals surface area contributed by atoms with Crippen molar-refractivity contribution in [2.24, 2.45) is 0 Å². The molecule has 1 aliphatic rings. The second-order valence-corrected chi connectivity index (χ2v) is 6.82. The Kier molecular flexibility index (Phi) is 3.94. The Balaban J connectivity index is 1.69. The third-order valence-corrected chi connectivity index (χ3v) is 4.47. The van der Waals surface area contributed by atoms with E-state index >= 15 is 0 Å². The van der Waals surface area contributed by atoms with E-state index in [1.807, 2.05) is 18.2 Å². The van der Waals surface area contributed by atoms with Crippen LogP contribution in [-0.2, 0) is 6.54 Å². The molecule has 0 saturated heterocycles. The molecule has 3 rings (SSSR count). The van der Waals surface area contributed by atoms with Crippen molar-refractivity contribution in [2.45, 2.75) is 13.0 Å². The molecule has 0 radical (unpaired) electrons. The number of hydrogen-bond acceptors (Lipinski definition) is 4. The smallest absolute Gasteiger partial charge is 0.163 e. The molecule has 0 saturated carbocycles. The Morgan fingerprint density at radius 2 is 1.95 bits per heavy atom. The minimum Gasteiger partial charge on any atom is -0.490 e. The number of fused-ring (bicyclic) bond motifs is 1. The molecule has 1 aromatic heterocycles. The van der Waals surface area contributed by atoms with Crippen molar-refractivity contribution in [3.63, 3.8) is 0 Å². The summed E-state index contributed by atoms with van der Waals surface area (Å²) in [4.78, 5) is 1.29. The van der Waals surface area contributed by atoms with Crippen molar-refractivity contribution in [2.75, 3.05) is 18.5 Å². The Hall–Kier alpha value is -1.20. The number of thiophene rings is 1. The van der Waals surface area contributed by atoms with E-state index in [1.54, 1.807) is 11.3 Å². The first kappa shape index (κ1) is 12.8. The molecule has 100 valence electrons. The molecule has 0 fully saturated rings. The molecule has 0 amide bonds. The number of rotatable bonds is 3. The topological polar surface area (TPSA) is 30.5 Å². The van der Waals surface area contributed by atoms with E-state index in [4.69, 9.17) is 9.47 Å². The summed E-state index contributed by atoms with van der Waals surface area (Å²) in [6.07, 6.45) is 0.931. The molecule has 1 aromatic carbocycles. The van der Waals surface area contributed by atoms with Gasteiger partial charge in [0.1, 0.15) is 0 Å². The summed E-state index contributed by atoms with van der Waals surface area (Å²) < 4.78 is 12.4. The monoisotopic (exact) mass is 339 g/mol. The molecular formula is C14H14BrNO2S. The summed E-state index contributed by atoms with van der Waals surface area (Å²) in [6.45, 7) is 2.26. The molecule has 0 unspecified atom stereocenters. The van der Waals surface area contributed by atoms with E-state index in [9.17, 15) is 0 Å². The molecule has 2 heterocycles. The second-order valence-electron chi connectivity index (χ2n) is 4.27. The number of nitrogens with one attached hydrogen (secondary N) is 1. The molecule has 1 N–H and O–H groups in total. The fraction of sp³-hybridized carbons (Fsp3) is 0.286. The summed E-state index contributed by atoms with van der Waals surface area (Å²) in [5.41, 5.74) is 1.05. The van der Waals surface area contributed by atoms with Gasteiger partial charge in [-0.2, -0.15) is 0 Å². The van der Waals surface area contributed by atoms with E-state index in [0.29, 0.717) is 6.61 Å². The van der Waals surface area contributed by atoms with Crippen LogP contribution in [0.3, 0.4) is 0 Å². The van der Waals surface area contributed by atoms with E-state index in [0.717, 1.165) is 40.5 Å². The predicted molar refractivity (Wildman–Crippen MR) is 81.4 cm³/mol. The first-order valence-corrected chi connectivity index (χ1v) is 7.80. The van der Waals surface area contributed by atoms with Gasteiger partial charge in [-0.05, 0) is 40.2 Å². The van der Waals surface area contributed by atoms with Crippen molar-refractivity contribution >= 4 is 33.0 Å². The van der Waals surface area contributed by atoms with Gasteiger partial charge in [-0.3, -0.25) is 0 Å². The second kappa shape index (κ2) is 5.84. The molecule has 5 heteroatoms. The van der Waals surface area contributed by atoms with Crippen molar-refractivity contribution in [3.05, 3.63) is 39.0 Å². The zero-order chi connectivity index (χ0) is 13.1. The van der Waals surface area contributed by atoms with Crippen LogP contribution in [0.15, 0.2) is 34.1 Å². The van der Waals surface area contributed by atoms with Crippen molar-refractivity contribution in [1.29, 1.82) is 0 Å². The van der Waals surface area contributed by atoms with E-state index in [1.165, 1.54) is 4.88 Å². The highest BCUT2D eigenvalue weighted by Gasteiger charge is 2.10. The molecule has 0 bridgehead atoms. The molecule has 1 aliphatic heterocycles. The zero-order valence-electron chi connectivity index (χ0n) is 10.3. The summed E-state index contributed by atoms with van der Waals surface area (Å²) in [5, 5.41) is 3.40. The summed E-state index contributed by atoms with van der Waals surface area (Å²) in [7, 11) is 0. The molecule has 3 nitrogen and oxygen atoms in total. The fourth-order valence-electron chi connectivity index (χ4n) is 1.91. The number of anilines is 1. The molecule has 0 aliphatic carbocycles. The van der Waals surface area contributed by atoms with Crippen LogP contribution >= 0.6 is 27.3 Å². The van der Waals surface area contributed by atoms with Crippen LogP contribution in [0.5, 0.6) is 11.5 Å². The van der Waals surface area contributed by atoms with E-state index < -0.39 is 0 Å². The van der Waals surface area contributed by atoms with Crippen LogP contribution in [-0.4, -0.2) is 13.2 Å². The summed E-state index contributed by atoms with van der Waals surface area (Å²) in [6, 6.07) is 10.2. The van der Waals surface area contributed by atoms with E-state index in [-0.39, 0.29) is 0 Å². The van der Waals surface area contributed by atoms with Gasteiger partial charge >= 0.3 is 0 Å². The first-order chi connectivity index (χ1) is 9.31. The molecule has 2 aromatic rings. The summed E-state index contributed by atoms with van der Waals surface area (Å²) in [5.74, 6) is 1.66. The van der Waals surface area contributed by atoms with Crippen LogP contribution in [0.4, 0.5) is 5.69 Å². The van der Waals surface area contributed by atoms with Gasteiger partial charge < -0.3 is 14.8 Å². The van der Waals surface area contributed by atoms with Crippen molar-refractivity contribution in [1.82, 2.24) is 0 Å². The average Bonchev–Trinajstić information content (AvgIpc) is 2.70. The van der Waals surface area contributed by atoms with Gasteiger partial charge in [0, 0.05) is 29.6 Å². The number of benzene rings is 1. The van der Waals surface area contributed by atoms with Crippen LogP contribution in [0, 0.1) is 0 Å².